The van der Waals surface area contributed by atoms with E-state index in [0.717, 1.165) is 5.69 Å². The van der Waals surface area contributed by atoms with E-state index in [9.17, 15) is 4.79 Å². The van der Waals surface area contributed by atoms with Gasteiger partial charge in [0.15, 0.2) is 0 Å². The number of rotatable bonds is 6. The van der Waals surface area contributed by atoms with Crippen molar-refractivity contribution in [2.24, 2.45) is 0 Å². The number of amides is 1. The molecular formula is C12H18N2O3. The molecule has 0 heterocycles. The van der Waals surface area contributed by atoms with Gasteiger partial charge in [0, 0.05) is 24.5 Å². The average molecular weight is 238 g/mol. The first-order valence-corrected chi connectivity index (χ1v) is 5.42. The molecule has 17 heavy (non-hydrogen) atoms. The second kappa shape index (κ2) is 6.88. The molecular weight excluding hydrogens is 220 g/mol. The number of methoxy groups -OCH3 is 1. The molecule has 94 valence electrons. The van der Waals surface area contributed by atoms with Crippen molar-refractivity contribution in [3.05, 3.63) is 24.3 Å². The number of ether oxygens (including phenoxy) is 1. The molecule has 0 saturated carbocycles. The summed E-state index contributed by atoms with van der Waals surface area (Å²) in [5, 5.41) is 14.4. The highest BCUT2D eigenvalue weighted by Gasteiger charge is 2.03. The summed E-state index contributed by atoms with van der Waals surface area (Å²) in [6.07, 6.45) is 0. The highest BCUT2D eigenvalue weighted by molar-refractivity contribution is 5.91. The smallest absolute Gasteiger partial charge is 0.250 e. The summed E-state index contributed by atoms with van der Waals surface area (Å²) in [6.45, 7) is 2.09. The maximum absolute atomic E-state index is 11.0. The number of hydrogen-bond donors (Lipinski definition) is 3. The average Bonchev–Trinajstić information content (AvgIpc) is 2.29. The van der Waals surface area contributed by atoms with E-state index in [1.807, 2.05) is 19.1 Å². The predicted molar refractivity (Wildman–Crippen MR) is 67.1 cm³/mol. The molecule has 0 fully saturated rings. The van der Waals surface area contributed by atoms with Gasteiger partial charge in [0.05, 0.1) is 6.61 Å². The van der Waals surface area contributed by atoms with Crippen molar-refractivity contribution < 1.29 is 14.6 Å². The zero-order valence-electron chi connectivity index (χ0n) is 10.1. The van der Waals surface area contributed by atoms with E-state index in [-0.39, 0.29) is 6.04 Å². The first-order chi connectivity index (χ1) is 8.15. The maximum atomic E-state index is 11.0. The van der Waals surface area contributed by atoms with E-state index >= 15 is 0 Å². The van der Waals surface area contributed by atoms with Crippen LogP contribution in [-0.4, -0.2) is 37.4 Å². The van der Waals surface area contributed by atoms with E-state index < -0.39 is 12.5 Å². The molecule has 0 saturated heterocycles. The molecule has 5 nitrogen and oxygen atoms in total. The SMILES string of the molecule is COCC(C)Nc1cccc(NC(=O)CO)c1. The molecule has 5 heteroatoms. The van der Waals surface area contributed by atoms with Gasteiger partial charge in [-0.2, -0.15) is 0 Å². The Hall–Kier alpha value is -1.59. The number of carbonyl (C=O) groups excluding carboxylic acids is 1. The van der Waals surface area contributed by atoms with Crippen molar-refractivity contribution in [3.8, 4) is 0 Å². The van der Waals surface area contributed by atoms with Gasteiger partial charge >= 0.3 is 0 Å². The molecule has 0 aliphatic carbocycles. The molecule has 0 aliphatic rings. The van der Waals surface area contributed by atoms with Crippen LogP contribution in [0.4, 0.5) is 11.4 Å². The van der Waals surface area contributed by atoms with E-state index in [1.54, 1.807) is 19.2 Å². The Bertz CT molecular complexity index is 369. The number of anilines is 2. The van der Waals surface area contributed by atoms with E-state index in [2.05, 4.69) is 10.6 Å². The minimum atomic E-state index is -0.516. The monoisotopic (exact) mass is 238 g/mol. The Morgan fingerprint density at radius 3 is 2.82 bits per heavy atom. The van der Waals surface area contributed by atoms with Gasteiger partial charge in [0.25, 0.3) is 0 Å². The van der Waals surface area contributed by atoms with Crippen LogP contribution in [0.2, 0.25) is 0 Å². The van der Waals surface area contributed by atoms with Crippen LogP contribution in [0.25, 0.3) is 0 Å². The first-order valence-electron chi connectivity index (χ1n) is 5.42. The van der Waals surface area contributed by atoms with Crippen LogP contribution in [0.15, 0.2) is 24.3 Å². The Balaban J connectivity index is 2.62. The predicted octanol–water partition coefficient (Wildman–Crippen LogP) is 1.06. The van der Waals surface area contributed by atoms with Gasteiger partial charge in [-0.3, -0.25) is 4.79 Å². The van der Waals surface area contributed by atoms with Crippen LogP contribution in [0, 0.1) is 0 Å². The Labute approximate surface area is 101 Å². The summed E-state index contributed by atoms with van der Waals surface area (Å²) >= 11 is 0. The summed E-state index contributed by atoms with van der Waals surface area (Å²) in [6, 6.07) is 7.48. The standard InChI is InChI=1S/C12H18N2O3/c1-9(8-17-2)13-10-4-3-5-11(6-10)14-12(16)7-15/h3-6,9,13,15H,7-8H2,1-2H3,(H,14,16). The minimum Gasteiger partial charge on any atom is -0.387 e. The third-order valence-electron chi connectivity index (χ3n) is 2.12. The van der Waals surface area contributed by atoms with Crippen molar-refractivity contribution in [3.63, 3.8) is 0 Å². The number of nitrogens with one attached hydrogen (secondary N) is 2. The van der Waals surface area contributed by atoms with E-state index in [0.29, 0.717) is 12.3 Å². The molecule has 0 bridgehead atoms. The molecule has 1 unspecified atom stereocenters. The summed E-state index contributed by atoms with van der Waals surface area (Å²) < 4.78 is 5.02. The second-order valence-corrected chi connectivity index (χ2v) is 3.79. The molecule has 0 radical (unpaired) electrons. The molecule has 0 aromatic heterocycles. The fourth-order valence-electron chi connectivity index (χ4n) is 1.46. The Morgan fingerprint density at radius 1 is 1.47 bits per heavy atom. The van der Waals surface area contributed by atoms with Crippen LogP contribution in [0.1, 0.15) is 6.92 Å². The minimum absolute atomic E-state index is 0.184. The van der Waals surface area contributed by atoms with Crippen molar-refractivity contribution in [1.82, 2.24) is 0 Å². The first kappa shape index (κ1) is 13.5. The molecule has 0 aliphatic heterocycles. The van der Waals surface area contributed by atoms with Crippen LogP contribution < -0.4 is 10.6 Å². The number of aliphatic hydroxyl groups is 1. The summed E-state index contributed by atoms with van der Waals surface area (Å²) in [5.74, 6) is -0.424. The quantitative estimate of drug-likeness (QED) is 0.693. The van der Waals surface area contributed by atoms with Crippen molar-refractivity contribution in [1.29, 1.82) is 0 Å². The zero-order chi connectivity index (χ0) is 12.7. The molecule has 0 spiro atoms. The lowest BCUT2D eigenvalue weighted by Gasteiger charge is -2.15. The van der Waals surface area contributed by atoms with Crippen molar-refractivity contribution in [2.45, 2.75) is 13.0 Å². The van der Waals surface area contributed by atoms with Crippen molar-refractivity contribution >= 4 is 17.3 Å². The van der Waals surface area contributed by atoms with Crippen LogP contribution in [0.5, 0.6) is 0 Å². The number of carbonyl (C=O) groups is 1. The number of hydrogen-bond acceptors (Lipinski definition) is 4. The van der Waals surface area contributed by atoms with Gasteiger partial charge in [-0.05, 0) is 25.1 Å². The Morgan fingerprint density at radius 2 is 2.18 bits per heavy atom. The Kier molecular flexibility index (Phi) is 5.45. The van der Waals surface area contributed by atoms with Gasteiger partial charge in [-0.25, -0.2) is 0 Å². The van der Waals surface area contributed by atoms with Crippen LogP contribution in [0.3, 0.4) is 0 Å². The molecule has 1 atom stereocenters. The molecule has 1 aromatic carbocycles. The summed E-state index contributed by atoms with van der Waals surface area (Å²) in [4.78, 5) is 11.0. The van der Waals surface area contributed by atoms with Gasteiger partial charge in [-0.15, -0.1) is 0 Å². The van der Waals surface area contributed by atoms with Crippen LogP contribution >= 0.6 is 0 Å². The maximum Gasteiger partial charge on any atom is 0.250 e. The second-order valence-electron chi connectivity index (χ2n) is 3.79. The van der Waals surface area contributed by atoms with Gasteiger partial charge in [0.2, 0.25) is 5.91 Å². The molecule has 3 N–H and O–H groups in total. The van der Waals surface area contributed by atoms with E-state index in [4.69, 9.17) is 9.84 Å². The van der Waals surface area contributed by atoms with Crippen LogP contribution in [-0.2, 0) is 9.53 Å². The summed E-state index contributed by atoms with van der Waals surface area (Å²) in [5.41, 5.74) is 1.55. The van der Waals surface area contributed by atoms with Gasteiger partial charge in [-0.1, -0.05) is 6.07 Å². The fraction of sp³-hybridized carbons (Fsp3) is 0.417. The van der Waals surface area contributed by atoms with E-state index in [1.165, 1.54) is 0 Å². The fourth-order valence-corrected chi connectivity index (χ4v) is 1.46. The topological polar surface area (TPSA) is 70.6 Å². The largest absolute Gasteiger partial charge is 0.387 e. The lowest BCUT2D eigenvalue weighted by atomic mass is 10.2. The van der Waals surface area contributed by atoms with Crippen molar-refractivity contribution in [2.75, 3.05) is 31.0 Å². The zero-order valence-corrected chi connectivity index (χ0v) is 10.1. The third-order valence-corrected chi connectivity index (χ3v) is 2.12. The lowest BCUT2D eigenvalue weighted by molar-refractivity contribution is -0.118. The number of aliphatic hydroxyl groups excluding tert-OH is 1. The molecule has 1 aromatic rings. The highest BCUT2D eigenvalue weighted by Crippen LogP contribution is 2.15. The normalized spacial score (nSPS) is 11.9. The highest BCUT2D eigenvalue weighted by atomic mass is 16.5. The van der Waals surface area contributed by atoms with Gasteiger partial charge in [0.1, 0.15) is 6.61 Å². The number of benzene rings is 1. The van der Waals surface area contributed by atoms with Gasteiger partial charge < -0.3 is 20.5 Å². The summed E-state index contributed by atoms with van der Waals surface area (Å²) in [7, 11) is 1.65. The molecule has 1 rings (SSSR count). The molecule has 1 amide bonds. The third kappa shape index (κ3) is 4.84. The lowest BCUT2D eigenvalue weighted by Crippen LogP contribution is -2.21.